The Hall–Kier alpha value is -1.40. The smallest absolute Gasteiger partial charge is 0.134 e. The molecular formula is C21H31N3OS. The van der Waals surface area contributed by atoms with E-state index in [0.29, 0.717) is 12.1 Å². The molecule has 3 rings (SSSR count). The van der Waals surface area contributed by atoms with Crippen molar-refractivity contribution in [3.63, 3.8) is 0 Å². The Kier molecular flexibility index (Phi) is 7.08. The molecule has 1 fully saturated rings. The molecule has 0 amide bonds. The topological polar surface area (TPSA) is 36.5 Å². The summed E-state index contributed by atoms with van der Waals surface area (Å²) in [6, 6.07) is 14.0. The van der Waals surface area contributed by atoms with E-state index in [0.717, 1.165) is 38.3 Å². The predicted octanol–water partition coefficient (Wildman–Crippen LogP) is 3.66. The Morgan fingerprint density at radius 2 is 2.04 bits per heavy atom. The molecule has 1 aliphatic rings. The van der Waals surface area contributed by atoms with Crippen molar-refractivity contribution in [3.8, 4) is 5.75 Å². The lowest BCUT2D eigenvalue weighted by Crippen LogP contribution is -2.53. The number of nitrogens with one attached hydrogen (secondary N) is 2. The van der Waals surface area contributed by atoms with Gasteiger partial charge in [-0.1, -0.05) is 18.2 Å². The summed E-state index contributed by atoms with van der Waals surface area (Å²) in [4.78, 5) is 3.82. The van der Waals surface area contributed by atoms with Crippen molar-refractivity contribution in [1.82, 2.24) is 15.5 Å². The summed E-state index contributed by atoms with van der Waals surface area (Å²) in [5.74, 6) is 0.966. The maximum atomic E-state index is 6.37. The van der Waals surface area contributed by atoms with E-state index in [2.05, 4.69) is 71.2 Å². The van der Waals surface area contributed by atoms with Gasteiger partial charge in [-0.2, -0.15) is 0 Å². The summed E-state index contributed by atoms with van der Waals surface area (Å²) in [6.07, 6.45) is 1.07. The summed E-state index contributed by atoms with van der Waals surface area (Å²) >= 11 is 1.77. The van der Waals surface area contributed by atoms with Crippen LogP contribution in [0.1, 0.15) is 36.8 Å². The van der Waals surface area contributed by atoms with Gasteiger partial charge < -0.3 is 15.4 Å². The number of hydrogen-bond acceptors (Lipinski definition) is 5. The number of thiophene rings is 1. The monoisotopic (exact) mass is 373 g/mol. The number of hydrogen-bond donors (Lipinski definition) is 2. The molecule has 2 N–H and O–H groups in total. The van der Waals surface area contributed by atoms with E-state index in [1.54, 1.807) is 11.3 Å². The van der Waals surface area contributed by atoms with Gasteiger partial charge in [0.1, 0.15) is 11.9 Å². The highest BCUT2D eigenvalue weighted by Crippen LogP contribution is 2.28. The highest BCUT2D eigenvalue weighted by molar-refractivity contribution is 7.10. The van der Waals surface area contributed by atoms with Gasteiger partial charge in [-0.05, 0) is 56.6 Å². The first-order valence-electron chi connectivity index (χ1n) is 9.56. The molecule has 2 heterocycles. The molecule has 1 saturated heterocycles. The van der Waals surface area contributed by atoms with Crippen LogP contribution in [-0.2, 0) is 6.54 Å². The lowest BCUT2D eigenvalue weighted by atomic mass is 10.1. The quantitative estimate of drug-likeness (QED) is 0.740. The Bertz CT molecular complexity index is 651. The van der Waals surface area contributed by atoms with Crippen LogP contribution in [0.15, 0.2) is 41.8 Å². The van der Waals surface area contributed by atoms with Crippen LogP contribution in [0.3, 0.4) is 0 Å². The summed E-state index contributed by atoms with van der Waals surface area (Å²) in [5.41, 5.74) is 1.32. The van der Waals surface area contributed by atoms with Crippen LogP contribution in [0.5, 0.6) is 5.75 Å². The second kappa shape index (κ2) is 9.51. The van der Waals surface area contributed by atoms with Gasteiger partial charge in [-0.3, -0.25) is 4.90 Å². The Morgan fingerprint density at radius 1 is 1.23 bits per heavy atom. The van der Waals surface area contributed by atoms with Gasteiger partial charge in [0, 0.05) is 43.0 Å². The molecular weight excluding hydrogens is 342 g/mol. The SMILES string of the molecule is CNCCC(Oc1cccc(CN2CC(C)NC(C)C2)c1)c1cccs1. The fraction of sp³-hybridized carbons (Fsp3) is 0.524. The summed E-state index contributed by atoms with van der Waals surface area (Å²) in [7, 11) is 1.99. The van der Waals surface area contributed by atoms with Crippen LogP contribution in [0.4, 0.5) is 0 Å². The minimum Gasteiger partial charge on any atom is -0.485 e. The number of benzene rings is 1. The second-order valence-electron chi connectivity index (χ2n) is 7.32. The molecule has 1 aromatic heterocycles. The lowest BCUT2D eigenvalue weighted by Gasteiger charge is -2.36. The van der Waals surface area contributed by atoms with Crippen LogP contribution >= 0.6 is 11.3 Å². The molecule has 5 heteroatoms. The van der Waals surface area contributed by atoms with Crippen LogP contribution in [0.25, 0.3) is 0 Å². The van der Waals surface area contributed by atoms with Gasteiger partial charge in [0.25, 0.3) is 0 Å². The van der Waals surface area contributed by atoms with Crippen molar-refractivity contribution >= 4 is 11.3 Å². The third-order valence-corrected chi connectivity index (χ3v) is 5.70. The van der Waals surface area contributed by atoms with Crippen LogP contribution < -0.4 is 15.4 Å². The standard InChI is InChI=1S/C21H31N3OS/c1-16-13-24(14-17(2)23-16)15-18-6-4-7-19(12-18)25-20(9-10-22-3)21-8-5-11-26-21/h4-8,11-12,16-17,20,22-23H,9-10,13-15H2,1-3H3. The zero-order chi connectivity index (χ0) is 18.4. The average molecular weight is 374 g/mol. The fourth-order valence-corrected chi connectivity index (χ4v) is 4.51. The molecule has 0 radical (unpaired) electrons. The Labute approximate surface area is 161 Å². The molecule has 142 valence electrons. The molecule has 4 nitrogen and oxygen atoms in total. The van der Waals surface area contributed by atoms with Crippen LogP contribution in [0, 0.1) is 0 Å². The zero-order valence-electron chi connectivity index (χ0n) is 16.1. The van der Waals surface area contributed by atoms with Crippen molar-refractivity contribution in [1.29, 1.82) is 0 Å². The molecule has 0 saturated carbocycles. The zero-order valence-corrected chi connectivity index (χ0v) is 16.9. The minimum absolute atomic E-state index is 0.108. The normalized spacial score (nSPS) is 22.3. The van der Waals surface area contributed by atoms with Crippen molar-refractivity contribution < 1.29 is 4.74 Å². The molecule has 0 spiro atoms. The van der Waals surface area contributed by atoms with E-state index in [1.165, 1.54) is 10.4 Å². The van der Waals surface area contributed by atoms with Gasteiger partial charge in [-0.15, -0.1) is 11.3 Å². The van der Waals surface area contributed by atoms with E-state index in [1.807, 2.05) is 7.05 Å². The molecule has 0 bridgehead atoms. The lowest BCUT2D eigenvalue weighted by molar-refractivity contribution is 0.166. The van der Waals surface area contributed by atoms with Gasteiger partial charge in [0.15, 0.2) is 0 Å². The molecule has 3 unspecified atom stereocenters. The molecule has 3 atom stereocenters. The van der Waals surface area contributed by atoms with Gasteiger partial charge >= 0.3 is 0 Å². The molecule has 26 heavy (non-hydrogen) atoms. The largest absolute Gasteiger partial charge is 0.485 e. The first-order valence-corrected chi connectivity index (χ1v) is 10.4. The van der Waals surface area contributed by atoms with E-state index in [9.17, 15) is 0 Å². The van der Waals surface area contributed by atoms with E-state index < -0.39 is 0 Å². The van der Waals surface area contributed by atoms with Gasteiger partial charge in [-0.25, -0.2) is 0 Å². The Balaban J connectivity index is 1.66. The van der Waals surface area contributed by atoms with E-state index in [4.69, 9.17) is 4.74 Å². The third-order valence-electron chi connectivity index (χ3n) is 4.73. The van der Waals surface area contributed by atoms with Crippen molar-refractivity contribution in [3.05, 3.63) is 52.2 Å². The first-order chi connectivity index (χ1) is 12.6. The van der Waals surface area contributed by atoms with Gasteiger partial charge in [0.05, 0.1) is 0 Å². The third kappa shape index (κ3) is 5.55. The molecule has 1 aliphatic heterocycles. The molecule has 2 aromatic rings. The summed E-state index contributed by atoms with van der Waals surface area (Å²) in [6.45, 7) is 8.63. The van der Waals surface area contributed by atoms with Crippen molar-refractivity contribution in [2.24, 2.45) is 0 Å². The van der Waals surface area contributed by atoms with Crippen LogP contribution in [0.2, 0.25) is 0 Å². The number of ether oxygens (including phenoxy) is 1. The second-order valence-corrected chi connectivity index (χ2v) is 8.30. The maximum Gasteiger partial charge on any atom is 0.134 e. The predicted molar refractivity (Wildman–Crippen MR) is 110 cm³/mol. The number of rotatable bonds is 8. The fourth-order valence-electron chi connectivity index (χ4n) is 3.72. The number of piperazine rings is 1. The summed E-state index contributed by atoms with van der Waals surface area (Å²) in [5, 5.41) is 8.95. The first kappa shape index (κ1) is 19.4. The highest BCUT2D eigenvalue weighted by atomic mass is 32.1. The highest BCUT2D eigenvalue weighted by Gasteiger charge is 2.21. The molecule has 0 aliphatic carbocycles. The van der Waals surface area contributed by atoms with E-state index >= 15 is 0 Å². The van der Waals surface area contributed by atoms with Crippen molar-refractivity contribution in [2.45, 2.75) is 45.0 Å². The molecule has 1 aromatic carbocycles. The number of nitrogens with zero attached hydrogens (tertiary/aromatic N) is 1. The van der Waals surface area contributed by atoms with Crippen LogP contribution in [-0.4, -0.2) is 43.7 Å². The summed E-state index contributed by atoms with van der Waals surface area (Å²) < 4.78 is 6.37. The van der Waals surface area contributed by atoms with Crippen molar-refractivity contribution in [2.75, 3.05) is 26.7 Å². The minimum atomic E-state index is 0.108. The van der Waals surface area contributed by atoms with E-state index in [-0.39, 0.29) is 6.10 Å². The maximum absolute atomic E-state index is 6.37. The average Bonchev–Trinajstić information content (AvgIpc) is 3.12. The van der Waals surface area contributed by atoms with Gasteiger partial charge in [0.2, 0.25) is 0 Å². The Morgan fingerprint density at radius 3 is 2.73 bits per heavy atom.